The molecule has 0 radical (unpaired) electrons. The Bertz CT molecular complexity index is 671. The van der Waals surface area contributed by atoms with Crippen LogP contribution in [0.5, 0.6) is 11.5 Å². The third-order valence-corrected chi connectivity index (χ3v) is 2.54. The van der Waals surface area contributed by atoms with Gasteiger partial charge in [-0.05, 0) is 24.3 Å². The second kappa shape index (κ2) is 5.53. The summed E-state index contributed by atoms with van der Waals surface area (Å²) < 4.78 is 31.9. The first kappa shape index (κ1) is 14.4. The molecule has 0 saturated heterocycles. The Kier molecular flexibility index (Phi) is 3.79. The summed E-state index contributed by atoms with van der Waals surface area (Å²) in [6.07, 6.45) is 0. The summed E-state index contributed by atoms with van der Waals surface area (Å²) >= 11 is 0. The lowest BCUT2D eigenvalue weighted by Crippen LogP contribution is -2.04. The van der Waals surface area contributed by atoms with Gasteiger partial charge in [0.25, 0.3) is 0 Å². The Balaban J connectivity index is 2.54. The number of nitro groups is 1. The fourth-order valence-electron chi connectivity index (χ4n) is 1.67. The second-order valence-corrected chi connectivity index (χ2v) is 3.86. The number of ether oxygens (including phenoxy) is 1. The summed E-state index contributed by atoms with van der Waals surface area (Å²) in [6, 6.07) is 6.27. The highest BCUT2D eigenvalue weighted by Gasteiger charge is 2.24. The van der Waals surface area contributed by atoms with Crippen molar-refractivity contribution in [3.8, 4) is 11.5 Å². The molecule has 0 fully saturated rings. The minimum atomic E-state index is -1.61. The van der Waals surface area contributed by atoms with Crippen LogP contribution < -0.4 is 4.74 Å². The number of carboxylic acids is 1. The van der Waals surface area contributed by atoms with Gasteiger partial charge in [-0.2, -0.15) is 4.39 Å². The van der Waals surface area contributed by atoms with Crippen molar-refractivity contribution in [2.75, 3.05) is 0 Å². The van der Waals surface area contributed by atoms with Gasteiger partial charge in [0.1, 0.15) is 17.1 Å². The maximum atomic E-state index is 13.5. The zero-order chi connectivity index (χ0) is 15.6. The Morgan fingerprint density at radius 3 is 2.24 bits per heavy atom. The fourth-order valence-corrected chi connectivity index (χ4v) is 1.67. The van der Waals surface area contributed by atoms with Crippen LogP contribution in [0.2, 0.25) is 0 Å². The molecule has 0 aliphatic carbocycles. The number of para-hydroxylation sites is 1. The van der Waals surface area contributed by atoms with E-state index in [1.54, 1.807) is 0 Å². The number of hydrogen-bond acceptors (Lipinski definition) is 4. The molecule has 21 heavy (non-hydrogen) atoms. The summed E-state index contributed by atoms with van der Waals surface area (Å²) in [7, 11) is 0. The number of rotatable bonds is 4. The van der Waals surface area contributed by atoms with E-state index >= 15 is 0 Å². The number of nitro benzene ring substituents is 1. The minimum absolute atomic E-state index is 0.462. The minimum Gasteiger partial charge on any atom is -0.477 e. The highest BCUT2D eigenvalue weighted by molar-refractivity contribution is 5.91. The molecular formula is C13H7F2NO5. The van der Waals surface area contributed by atoms with Crippen LogP contribution >= 0.6 is 0 Å². The van der Waals surface area contributed by atoms with Crippen molar-refractivity contribution < 1.29 is 28.3 Å². The predicted octanol–water partition coefficient (Wildman–Crippen LogP) is 3.36. The van der Waals surface area contributed by atoms with Crippen LogP contribution in [0.4, 0.5) is 14.5 Å². The lowest BCUT2D eigenvalue weighted by Gasteiger charge is -2.09. The summed E-state index contributed by atoms with van der Waals surface area (Å²) in [6.45, 7) is 0. The van der Waals surface area contributed by atoms with Gasteiger partial charge in [0, 0.05) is 0 Å². The van der Waals surface area contributed by atoms with Gasteiger partial charge in [-0.3, -0.25) is 10.1 Å². The summed E-state index contributed by atoms with van der Waals surface area (Å²) in [5, 5.41) is 19.7. The van der Waals surface area contributed by atoms with Gasteiger partial charge < -0.3 is 9.84 Å². The molecule has 0 saturated carbocycles. The molecule has 0 spiro atoms. The lowest BCUT2D eigenvalue weighted by molar-refractivity contribution is -0.388. The zero-order valence-electron chi connectivity index (χ0n) is 10.2. The average Bonchev–Trinajstić information content (AvgIpc) is 2.37. The van der Waals surface area contributed by atoms with E-state index < -0.39 is 45.3 Å². The topological polar surface area (TPSA) is 89.7 Å². The van der Waals surface area contributed by atoms with E-state index in [2.05, 4.69) is 0 Å². The van der Waals surface area contributed by atoms with Crippen molar-refractivity contribution >= 4 is 11.7 Å². The van der Waals surface area contributed by atoms with Crippen LogP contribution in [0.1, 0.15) is 10.4 Å². The molecule has 8 heteroatoms. The number of aromatic carboxylic acids is 1. The highest BCUT2D eigenvalue weighted by Crippen LogP contribution is 2.35. The van der Waals surface area contributed by atoms with Crippen LogP contribution in [-0.4, -0.2) is 16.0 Å². The van der Waals surface area contributed by atoms with Crippen molar-refractivity contribution in [2.24, 2.45) is 0 Å². The lowest BCUT2D eigenvalue weighted by atomic mass is 10.2. The molecule has 2 aromatic carbocycles. The molecule has 2 aromatic rings. The molecule has 0 amide bonds. The van der Waals surface area contributed by atoms with Crippen molar-refractivity contribution in [1.29, 1.82) is 0 Å². The Labute approximate surface area is 116 Å². The molecule has 2 rings (SSSR count). The van der Waals surface area contributed by atoms with Crippen molar-refractivity contribution in [3.05, 3.63) is 63.7 Å². The van der Waals surface area contributed by atoms with Gasteiger partial charge in [-0.1, -0.05) is 12.1 Å². The van der Waals surface area contributed by atoms with Gasteiger partial charge in [0.05, 0.1) is 4.92 Å². The van der Waals surface area contributed by atoms with Crippen molar-refractivity contribution in [2.45, 2.75) is 0 Å². The number of benzene rings is 2. The number of carbonyl (C=O) groups is 1. The third-order valence-electron chi connectivity index (χ3n) is 2.54. The highest BCUT2D eigenvalue weighted by atomic mass is 19.1. The van der Waals surface area contributed by atoms with E-state index in [-0.39, 0.29) is 0 Å². The number of carboxylic acid groups (broad SMARTS) is 1. The van der Waals surface area contributed by atoms with Crippen LogP contribution in [0, 0.1) is 21.7 Å². The Hall–Kier alpha value is -3.03. The second-order valence-electron chi connectivity index (χ2n) is 3.86. The maximum Gasteiger partial charge on any atom is 0.346 e. The Morgan fingerprint density at radius 1 is 1.10 bits per heavy atom. The maximum absolute atomic E-state index is 13.5. The molecule has 0 aliphatic heterocycles. The van der Waals surface area contributed by atoms with Crippen LogP contribution in [0.3, 0.4) is 0 Å². The standard InChI is InChI=1S/C13H7F2NO5/c14-7-3-1-5-9(11(7)13(17)18)21-10-6-2-4-8(15)12(10)16(19)20/h1-6H,(H,17,18). The van der Waals surface area contributed by atoms with Crippen LogP contribution in [-0.2, 0) is 0 Å². The zero-order valence-corrected chi connectivity index (χ0v) is 10.2. The molecule has 0 aromatic heterocycles. The van der Waals surface area contributed by atoms with Gasteiger partial charge >= 0.3 is 11.7 Å². The van der Waals surface area contributed by atoms with Crippen LogP contribution in [0.25, 0.3) is 0 Å². The number of nitrogens with zero attached hydrogens (tertiary/aromatic N) is 1. The molecule has 0 aliphatic rings. The first-order valence-electron chi connectivity index (χ1n) is 5.54. The summed E-state index contributed by atoms with van der Waals surface area (Å²) in [5.74, 6) is -4.81. The van der Waals surface area contributed by atoms with Gasteiger partial charge in [0.2, 0.25) is 11.6 Å². The molecule has 0 unspecified atom stereocenters. The van der Waals surface area contributed by atoms with E-state index in [0.717, 1.165) is 30.3 Å². The third kappa shape index (κ3) is 2.78. The van der Waals surface area contributed by atoms with Crippen molar-refractivity contribution in [3.63, 3.8) is 0 Å². The first-order valence-corrected chi connectivity index (χ1v) is 5.54. The molecule has 108 valence electrons. The van der Waals surface area contributed by atoms with Gasteiger partial charge in [0.15, 0.2) is 0 Å². The number of halogens is 2. The normalized spacial score (nSPS) is 10.2. The largest absolute Gasteiger partial charge is 0.477 e. The first-order chi connectivity index (χ1) is 9.91. The number of hydrogen-bond donors (Lipinski definition) is 1. The van der Waals surface area contributed by atoms with E-state index in [1.165, 1.54) is 6.07 Å². The molecule has 0 bridgehead atoms. The van der Waals surface area contributed by atoms with Gasteiger partial charge in [-0.15, -0.1) is 0 Å². The Morgan fingerprint density at radius 2 is 1.67 bits per heavy atom. The quantitative estimate of drug-likeness (QED) is 0.690. The molecule has 0 heterocycles. The predicted molar refractivity (Wildman–Crippen MR) is 66.5 cm³/mol. The summed E-state index contributed by atoms with van der Waals surface area (Å²) in [5.41, 5.74) is -1.76. The van der Waals surface area contributed by atoms with Crippen LogP contribution in [0.15, 0.2) is 36.4 Å². The summed E-state index contributed by atoms with van der Waals surface area (Å²) in [4.78, 5) is 20.8. The van der Waals surface area contributed by atoms with E-state index in [0.29, 0.717) is 0 Å². The smallest absolute Gasteiger partial charge is 0.346 e. The average molecular weight is 295 g/mol. The molecule has 1 N–H and O–H groups in total. The van der Waals surface area contributed by atoms with Crippen molar-refractivity contribution in [1.82, 2.24) is 0 Å². The molecule has 0 atom stereocenters. The molecule has 6 nitrogen and oxygen atoms in total. The fraction of sp³-hybridized carbons (Fsp3) is 0. The monoisotopic (exact) mass is 295 g/mol. The van der Waals surface area contributed by atoms with E-state index in [4.69, 9.17) is 9.84 Å². The van der Waals surface area contributed by atoms with Gasteiger partial charge in [-0.25, -0.2) is 9.18 Å². The van der Waals surface area contributed by atoms with E-state index in [1.807, 2.05) is 0 Å². The molecular weight excluding hydrogens is 288 g/mol. The SMILES string of the molecule is O=C(O)c1c(F)cccc1Oc1cccc(F)c1[N+](=O)[O-]. The van der Waals surface area contributed by atoms with E-state index in [9.17, 15) is 23.7 Å².